The van der Waals surface area contributed by atoms with E-state index in [2.05, 4.69) is 5.32 Å². The highest BCUT2D eigenvalue weighted by atomic mass is 32.2. The number of methoxy groups -OCH3 is 1. The fourth-order valence-corrected chi connectivity index (χ4v) is 3.50. The molecular weight excluding hydrogens is 308 g/mol. The Hall–Kier alpha value is -1.64. The molecule has 0 spiro atoms. The van der Waals surface area contributed by atoms with Crippen molar-refractivity contribution in [2.45, 2.75) is 18.7 Å². The van der Waals surface area contributed by atoms with Crippen molar-refractivity contribution >= 4 is 21.7 Å². The Morgan fingerprint density at radius 3 is 2.45 bits per heavy atom. The van der Waals surface area contributed by atoms with Gasteiger partial charge in [0.25, 0.3) is 0 Å². The third kappa shape index (κ3) is 4.19. The average molecular weight is 330 g/mol. The van der Waals surface area contributed by atoms with Gasteiger partial charge in [-0.05, 0) is 18.2 Å². The largest absolute Gasteiger partial charge is 0.478 e. The number of carboxylic acid groups (broad SMARTS) is 1. The Morgan fingerprint density at radius 1 is 1.32 bits per heavy atom. The number of rotatable bonds is 9. The molecule has 124 valence electrons. The number of nitrogens with zero attached hydrogens (tertiary/aromatic N) is 1. The number of nitrogens with one attached hydrogen (secondary N) is 1. The topological polar surface area (TPSA) is 95.9 Å². The van der Waals surface area contributed by atoms with Gasteiger partial charge in [-0.3, -0.25) is 0 Å². The number of carboxylic acids is 1. The summed E-state index contributed by atoms with van der Waals surface area (Å²) in [6.07, 6.45) is 0. The first-order valence-corrected chi connectivity index (χ1v) is 8.42. The molecule has 0 unspecified atom stereocenters. The highest BCUT2D eigenvalue weighted by Gasteiger charge is 2.23. The van der Waals surface area contributed by atoms with Gasteiger partial charge < -0.3 is 15.2 Å². The lowest BCUT2D eigenvalue weighted by Gasteiger charge is -2.19. The van der Waals surface area contributed by atoms with Crippen molar-refractivity contribution in [1.29, 1.82) is 0 Å². The van der Waals surface area contributed by atoms with Gasteiger partial charge in [0, 0.05) is 32.4 Å². The van der Waals surface area contributed by atoms with Gasteiger partial charge in [-0.2, -0.15) is 4.31 Å². The molecule has 0 saturated carbocycles. The van der Waals surface area contributed by atoms with E-state index in [4.69, 9.17) is 4.74 Å². The molecule has 22 heavy (non-hydrogen) atoms. The summed E-state index contributed by atoms with van der Waals surface area (Å²) < 4.78 is 31.0. The number of anilines is 1. The Balaban J connectivity index is 3.20. The molecule has 8 heteroatoms. The first-order chi connectivity index (χ1) is 10.4. The Kier molecular flexibility index (Phi) is 6.79. The van der Waals surface area contributed by atoms with Gasteiger partial charge in [0.2, 0.25) is 10.0 Å². The van der Waals surface area contributed by atoms with Crippen molar-refractivity contribution in [2.75, 3.05) is 38.7 Å². The molecule has 7 nitrogen and oxygen atoms in total. The normalized spacial score (nSPS) is 11.6. The molecule has 0 aliphatic heterocycles. The summed E-state index contributed by atoms with van der Waals surface area (Å²) in [6, 6.07) is 4.07. The number of hydrogen-bond acceptors (Lipinski definition) is 5. The molecule has 0 heterocycles. The Morgan fingerprint density at radius 2 is 1.95 bits per heavy atom. The van der Waals surface area contributed by atoms with Gasteiger partial charge in [0.05, 0.1) is 17.1 Å². The molecule has 0 aliphatic rings. The van der Waals surface area contributed by atoms with Crippen molar-refractivity contribution in [1.82, 2.24) is 4.31 Å². The van der Waals surface area contributed by atoms with E-state index in [-0.39, 0.29) is 10.5 Å². The maximum Gasteiger partial charge on any atom is 0.337 e. The summed E-state index contributed by atoms with van der Waals surface area (Å²) >= 11 is 0. The van der Waals surface area contributed by atoms with Crippen LogP contribution in [0.1, 0.15) is 24.2 Å². The number of sulfonamides is 1. The maximum absolute atomic E-state index is 12.4. The van der Waals surface area contributed by atoms with Gasteiger partial charge in [0.1, 0.15) is 0 Å². The van der Waals surface area contributed by atoms with Crippen LogP contribution in [0.25, 0.3) is 0 Å². The van der Waals surface area contributed by atoms with E-state index in [0.717, 1.165) is 0 Å². The Labute approximate surface area is 130 Å². The summed E-state index contributed by atoms with van der Waals surface area (Å²) in [6.45, 7) is 4.97. The van der Waals surface area contributed by atoms with E-state index in [0.29, 0.717) is 31.9 Å². The van der Waals surface area contributed by atoms with E-state index in [1.54, 1.807) is 21.0 Å². The predicted octanol–water partition coefficient (Wildman–Crippen LogP) is 1.47. The molecule has 0 bridgehead atoms. The lowest BCUT2D eigenvalue weighted by molar-refractivity contribution is 0.0697. The van der Waals surface area contributed by atoms with Crippen LogP contribution in [0.3, 0.4) is 0 Å². The van der Waals surface area contributed by atoms with Gasteiger partial charge >= 0.3 is 5.97 Å². The maximum atomic E-state index is 12.4. The second-order valence-corrected chi connectivity index (χ2v) is 6.46. The molecule has 0 amide bonds. The van der Waals surface area contributed by atoms with Crippen molar-refractivity contribution in [3.05, 3.63) is 23.8 Å². The van der Waals surface area contributed by atoms with Gasteiger partial charge in [0.15, 0.2) is 0 Å². The van der Waals surface area contributed by atoms with Crippen LogP contribution in [-0.4, -0.2) is 57.1 Å². The summed E-state index contributed by atoms with van der Waals surface area (Å²) in [5.74, 6) is -1.18. The zero-order valence-electron chi connectivity index (χ0n) is 13.0. The van der Waals surface area contributed by atoms with Crippen molar-refractivity contribution in [2.24, 2.45) is 0 Å². The molecule has 0 atom stereocenters. The number of ether oxygens (including phenoxy) is 1. The van der Waals surface area contributed by atoms with Crippen LogP contribution < -0.4 is 5.32 Å². The second kappa shape index (κ2) is 8.11. The monoisotopic (exact) mass is 330 g/mol. The lowest BCUT2D eigenvalue weighted by atomic mass is 10.2. The summed E-state index contributed by atoms with van der Waals surface area (Å²) in [7, 11) is -2.14. The molecule has 2 N–H and O–H groups in total. The second-order valence-electron chi connectivity index (χ2n) is 4.52. The van der Waals surface area contributed by atoms with Crippen LogP contribution in [0.4, 0.5) is 5.69 Å². The molecular formula is C14H22N2O5S. The SMILES string of the molecule is CCN(CC)S(=O)(=O)c1ccc(NCCOC)c(C(=O)O)c1. The molecule has 0 radical (unpaired) electrons. The number of carbonyl (C=O) groups is 1. The van der Waals surface area contributed by atoms with E-state index < -0.39 is 16.0 Å². The van der Waals surface area contributed by atoms with Gasteiger partial charge in [-0.15, -0.1) is 0 Å². The van der Waals surface area contributed by atoms with Crippen LogP contribution >= 0.6 is 0 Å². The molecule has 0 saturated heterocycles. The van der Waals surface area contributed by atoms with Gasteiger partial charge in [-0.1, -0.05) is 13.8 Å². The molecule has 0 aliphatic carbocycles. The first kappa shape index (κ1) is 18.4. The van der Waals surface area contributed by atoms with E-state index in [1.807, 2.05) is 0 Å². The molecule has 0 fully saturated rings. The van der Waals surface area contributed by atoms with Crippen molar-refractivity contribution < 1.29 is 23.1 Å². The summed E-state index contributed by atoms with van der Waals surface area (Å²) in [5.41, 5.74) is 0.285. The minimum absolute atomic E-state index is 0.0223. The van der Waals surface area contributed by atoms with Crippen LogP contribution in [-0.2, 0) is 14.8 Å². The smallest absolute Gasteiger partial charge is 0.337 e. The molecule has 1 rings (SSSR count). The Bertz CT molecular complexity index is 612. The molecule has 0 aromatic heterocycles. The zero-order valence-corrected chi connectivity index (χ0v) is 13.8. The standard InChI is InChI=1S/C14H22N2O5S/c1-4-16(5-2)22(19,20)11-6-7-13(15-8-9-21-3)12(10-11)14(17)18/h6-7,10,15H,4-5,8-9H2,1-3H3,(H,17,18). The van der Waals surface area contributed by atoms with Gasteiger partial charge in [-0.25, -0.2) is 13.2 Å². The number of benzene rings is 1. The lowest BCUT2D eigenvalue weighted by Crippen LogP contribution is -2.30. The minimum atomic E-state index is -3.68. The van der Waals surface area contributed by atoms with E-state index >= 15 is 0 Å². The van der Waals surface area contributed by atoms with E-state index in [1.165, 1.54) is 22.5 Å². The van der Waals surface area contributed by atoms with Crippen LogP contribution in [0.5, 0.6) is 0 Å². The molecule has 1 aromatic rings. The van der Waals surface area contributed by atoms with Crippen LogP contribution in [0.2, 0.25) is 0 Å². The summed E-state index contributed by atoms with van der Waals surface area (Å²) in [5, 5.41) is 12.2. The molecule has 1 aromatic carbocycles. The van der Waals surface area contributed by atoms with Crippen molar-refractivity contribution in [3.8, 4) is 0 Å². The average Bonchev–Trinajstić information content (AvgIpc) is 2.48. The first-order valence-electron chi connectivity index (χ1n) is 6.98. The van der Waals surface area contributed by atoms with E-state index in [9.17, 15) is 18.3 Å². The number of aromatic carboxylic acids is 1. The highest BCUT2D eigenvalue weighted by molar-refractivity contribution is 7.89. The number of hydrogen-bond donors (Lipinski definition) is 2. The van der Waals surface area contributed by atoms with Crippen molar-refractivity contribution in [3.63, 3.8) is 0 Å². The fourth-order valence-electron chi connectivity index (χ4n) is 2.02. The fraction of sp³-hybridized carbons (Fsp3) is 0.500. The third-order valence-electron chi connectivity index (χ3n) is 3.19. The van der Waals surface area contributed by atoms with Crippen LogP contribution in [0.15, 0.2) is 23.1 Å². The minimum Gasteiger partial charge on any atom is -0.478 e. The highest BCUT2D eigenvalue weighted by Crippen LogP contribution is 2.23. The summed E-state index contributed by atoms with van der Waals surface area (Å²) in [4.78, 5) is 11.3. The quantitative estimate of drug-likeness (QED) is 0.666. The zero-order chi connectivity index (χ0) is 16.8. The van der Waals surface area contributed by atoms with Crippen LogP contribution in [0, 0.1) is 0 Å². The predicted molar refractivity (Wildman–Crippen MR) is 83.9 cm³/mol. The third-order valence-corrected chi connectivity index (χ3v) is 5.23.